The van der Waals surface area contributed by atoms with E-state index in [1.165, 1.54) is 0 Å². The van der Waals surface area contributed by atoms with Crippen LogP contribution in [-0.4, -0.2) is 17.4 Å². The van der Waals surface area contributed by atoms with Gasteiger partial charge in [-0.15, -0.1) is 0 Å². The molecule has 1 saturated carbocycles. The first-order valence-corrected chi connectivity index (χ1v) is 6.84. The molecule has 106 valence electrons. The highest BCUT2D eigenvalue weighted by atomic mass is 16.2. The first-order valence-electron chi connectivity index (χ1n) is 6.84. The van der Waals surface area contributed by atoms with E-state index in [2.05, 4.69) is 10.5 Å². The van der Waals surface area contributed by atoms with Crippen molar-refractivity contribution in [3.05, 3.63) is 35.9 Å². The molecule has 0 saturated heterocycles. The van der Waals surface area contributed by atoms with Crippen LogP contribution < -0.4 is 5.43 Å². The Labute approximate surface area is 119 Å². The molecule has 4 heteroatoms. The van der Waals surface area contributed by atoms with Crippen molar-refractivity contribution in [2.45, 2.75) is 39.5 Å². The molecule has 0 unspecified atom stereocenters. The lowest BCUT2D eigenvalue weighted by molar-refractivity contribution is -0.121. The highest BCUT2D eigenvalue weighted by Gasteiger charge is 2.30. The third-order valence-electron chi connectivity index (χ3n) is 3.31. The van der Waals surface area contributed by atoms with Crippen LogP contribution in [0.4, 0.5) is 0 Å². The van der Waals surface area contributed by atoms with Crippen LogP contribution in [0.1, 0.15) is 38.7 Å². The van der Waals surface area contributed by atoms with Crippen LogP contribution in [0.5, 0.6) is 0 Å². The number of amides is 1. The minimum atomic E-state index is -0.153. The van der Waals surface area contributed by atoms with Crippen molar-refractivity contribution in [3.8, 4) is 0 Å². The predicted molar refractivity (Wildman–Crippen MR) is 78.4 cm³/mol. The van der Waals surface area contributed by atoms with E-state index in [1.807, 2.05) is 44.2 Å². The number of hydrazone groups is 1. The van der Waals surface area contributed by atoms with E-state index in [-0.39, 0.29) is 17.1 Å². The second-order valence-electron chi connectivity index (χ2n) is 6.11. The molecule has 1 amide bonds. The highest BCUT2D eigenvalue weighted by Crippen LogP contribution is 2.31. The van der Waals surface area contributed by atoms with Gasteiger partial charge in [0.2, 0.25) is 5.91 Å². The van der Waals surface area contributed by atoms with Crippen LogP contribution in [-0.2, 0) is 16.0 Å². The molecule has 1 aromatic carbocycles. The standard InChI is InChI=1S/C16H20N2O2/c1-16(2)10-13(9-14(19)11-16)17-18-15(20)8-12-6-4-3-5-7-12/h3-7H,8-11H2,1-2H3,(H,18,20). The van der Waals surface area contributed by atoms with Crippen LogP contribution in [0.3, 0.4) is 0 Å². The smallest absolute Gasteiger partial charge is 0.244 e. The van der Waals surface area contributed by atoms with Crippen molar-refractivity contribution in [1.29, 1.82) is 0 Å². The Kier molecular flexibility index (Phi) is 4.32. The Balaban J connectivity index is 1.92. The van der Waals surface area contributed by atoms with Crippen molar-refractivity contribution in [2.75, 3.05) is 0 Å². The number of carbonyl (C=O) groups is 2. The molecule has 0 aromatic heterocycles. The van der Waals surface area contributed by atoms with Crippen LogP contribution in [0.2, 0.25) is 0 Å². The van der Waals surface area contributed by atoms with Gasteiger partial charge in [-0.1, -0.05) is 44.2 Å². The summed E-state index contributed by atoms with van der Waals surface area (Å²) in [4.78, 5) is 23.4. The lowest BCUT2D eigenvalue weighted by Gasteiger charge is -2.28. The summed E-state index contributed by atoms with van der Waals surface area (Å²) in [6, 6.07) is 9.52. The average Bonchev–Trinajstić information content (AvgIpc) is 2.35. The molecule has 2 rings (SSSR count). The molecule has 4 nitrogen and oxygen atoms in total. The van der Waals surface area contributed by atoms with Gasteiger partial charge in [0, 0.05) is 18.6 Å². The van der Waals surface area contributed by atoms with Gasteiger partial charge in [-0.3, -0.25) is 9.59 Å². The zero-order valence-electron chi connectivity index (χ0n) is 12.0. The molecule has 0 heterocycles. The van der Waals surface area contributed by atoms with Crippen LogP contribution in [0.25, 0.3) is 0 Å². The molecular formula is C16H20N2O2. The first-order chi connectivity index (χ1) is 9.44. The minimum absolute atomic E-state index is 0.0572. The minimum Gasteiger partial charge on any atom is -0.299 e. The van der Waals surface area contributed by atoms with Crippen LogP contribution in [0.15, 0.2) is 35.4 Å². The van der Waals surface area contributed by atoms with Crippen molar-refractivity contribution < 1.29 is 9.59 Å². The Morgan fingerprint density at radius 1 is 1.25 bits per heavy atom. The molecule has 20 heavy (non-hydrogen) atoms. The summed E-state index contributed by atoms with van der Waals surface area (Å²) in [6.45, 7) is 4.09. The highest BCUT2D eigenvalue weighted by molar-refractivity contribution is 6.05. The Morgan fingerprint density at radius 3 is 2.60 bits per heavy atom. The quantitative estimate of drug-likeness (QED) is 0.859. The number of benzene rings is 1. The van der Waals surface area contributed by atoms with Crippen molar-refractivity contribution in [3.63, 3.8) is 0 Å². The Morgan fingerprint density at radius 2 is 1.95 bits per heavy atom. The van der Waals surface area contributed by atoms with Gasteiger partial charge in [-0.05, 0) is 17.4 Å². The molecule has 0 aliphatic heterocycles. The fraction of sp³-hybridized carbons (Fsp3) is 0.438. The number of nitrogens with one attached hydrogen (secondary N) is 1. The largest absolute Gasteiger partial charge is 0.299 e. The second kappa shape index (κ2) is 5.99. The van der Waals surface area contributed by atoms with Gasteiger partial charge in [0.25, 0.3) is 0 Å². The molecule has 1 N–H and O–H groups in total. The number of Topliss-reactive ketones (excluding diaryl/α,β-unsaturated/α-hetero) is 1. The fourth-order valence-corrected chi connectivity index (χ4v) is 2.54. The van der Waals surface area contributed by atoms with Gasteiger partial charge >= 0.3 is 0 Å². The van der Waals surface area contributed by atoms with Crippen molar-refractivity contribution >= 4 is 17.4 Å². The van der Waals surface area contributed by atoms with E-state index >= 15 is 0 Å². The number of rotatable bonds is 3. The maximum Gasteiger partial charge on any atom is 0.244 e. The zero-order chi connectivity index (χ0) is 14.6. The Hall–Kier alpha value is -1.97. The fourth-order valence-electron chi connectivity index (χ4n) is 2.54. The average molecular weight is 272 g/mol. The summed E-state index contributed by atoms with van der Waals surface area (Å²) in [5.41, 5.74) is 4.22. The molecular weight excluding hydrogens is 252 g/mol. The summed E-state index contributed by atoms with van der Waals surface area (Å²) < 4.78 is 0. The normalized spacial score (nSPS) is 19.9. The molecule has 0 atom stereocenters. The Bertz CT molecular complexity index is 533. The summed E-state index contributed by atoms with van der Waals surface area (Å²) in [5, 5.41) is 4.12. The summed E-state index contributed by atoms with van der Waals surface area (Å²) >= 11 is 0. The van der Waals surface area contributed by atoms with E-state index in [0.29, 0.717) is 19.3 Å². The number of ketones is 1. The topological polar surface area (TPSA) is 58.5 Å². The van der Waals surface area contributed by atoms with Gasteiger partial charge < -0.3 is 0 Å². The number of hydrogen-bond acceptors (Lipinski definition) is 3. The molecule has 1 aliphatic rings. The summed E-state index contributed by atoms with van der Waals surface area (Å²) in [6.07, 6.45) is 2.00. The molecule has 1 aliphatic carbocycles. The van der Waals surface area contributed by atoms with E-state index < -0.39 is 0 Å². The predicted octanol–water partition coefficient (Wildman–Crippen LogP) is 2.48. The van der Waals surface area contributed by atoms with Gasteiger partial charge in [0.05, 0.1) is 6.42 Å². The van der Waals surface area contributed by atoms with Crippen molar-refractivity contribution in [2.24, 2.45) is 10.5 Å². The summed E-state index contributed by atoms with van der Waals surface area (Å²) in [5.74, 6) is 0.0387. The van der Waals surface area contributed by atoms with Gasteiger partial charge in [0.1, 0.15) is 5.78 Å². The maximum atomic E-state index is 11.8. The third-order valence-corrected chi connectivity index (χ3v) is 3.31. The first kappa shape index (κ1) is 14.4. The number of carbonyl (C=O) groups excluding carboxylic acids is 2. The van der Waals surface area contributed by atoms with Gasteiger partial charge in [0.15, 0.2) is 0 Å². The SMILES string of the molecule is CC1(C)CC(=O)CC(=NNC(=O)Cc2ccccc2)C1. The van der Waals surface area contributed by atoms with E-state index in [9.17, 15) is 9.59 Å². The molecule has 0 bridgehead atoms. The van der Waals surface area contributed by atoms with E-state index in [4.69, 9.17) is 0 Å². The van der Waals surface area contributed by atoms with Gasteiger partial charge in [-0.2, -0.15) is 5.10 Å². The van der Waals surface area contributed by atoms with Crippen molar-refractivity contribution in [1.82, 2.24) is 5.43 Å². The summed E-state index contributed by atoms with van der Waals surface area (Å²) in [7, 11) is 0. The number of hydrogen-bond donors (Lipinski definition) is 1. The lowest BCUT2D eigenvalue weighted by Crippen LogP contribution is -2.31. The lowest BCUT2D eigenvalue weighted by atomic mass is 9.76. The van der Waals surface area contributed by atoms with E-state index in [1.54, 1.807) is 0 Å². The molecule has 1 fully saturated rings. The van der Waals surface area contributed by atoms with Crippen LogP contribution in [0, 0.1) is 5.41 Å². The molecule has 0 spiro atoms. The zero-order valence-corrected chi connectivity index (χ0v) is 12.0. The van der Waals surface area contributed by atoms with Gasteiger partial charge in [-0.25, -0.2) is 5.43 Å². The maximum absolute atomic E-state index is 11.8. The monoisotopic (exact) mass is 272 g/mol. The van der Waals surface area contributed by atoms with Crippen LogP contribution >= 0.6 is 0 Å². The van der Waals surface area contributed by atoms with E-state index in [0.717, 1.165) is 17.7 Å². The second-order valence-corrected chi connectivity index (χ2v) is 6.11. The third kappa shape index (κ3) is 4.30. The number of nitrogens with zero attached hydrogens (tertiary/aromatic N) is 1. The molecule has 1 aromatic rings. The molecule has 0 radical (unpaired) electrons.